The van der Waals surface area contributed by atoms with Crippen LogP contribution in [0.5, 0.6) is 0 Å². The zero-order chi connectivity index (χ0) is 14.4. The lowest BCUT2D eigenvalue weighted by atomic mass is 10.2. The number of carbonyl (C=O) groups is 1. The van der Waals surface area contributed by atoms with Crippen molar-refractivity contribution in [2.75, 3.05) is 17.6 Å². The molecule has 4 N–H and O–H groups in total. The van der Waals surface area contributed by atoms with Gasteiger partial charge in [-0.05, 0) is 18.9 Å². The van der Waals surface area contributed by atoms with E-state index in [-0.39, 0.29) is 5.91 Å². The molecule has 1 aromatic heterocycles. The van der Waals surface area contributed by atoms with Crippen LogP contribution < -0.4 is 16.4 Å². The predicted octanol–water partition coefficient (Wildman–Crippen LogP) is 1.11. The van der Waals surface area contributed by atoms with Crippen molar-refractivity contribution in [2.24, 2.45) is 5.92 Å². The zero-order valence-corrected chi connectivity index (χ0v) is 11.4. The monoisotopic (exact) mass is 261 g/mol. The van der Waals surface area contributed by atoms with E-state index in [1.165, 1.54) is 12.3 Å². The van der Waals surface area contributed by atoms with E-state index in [4.69, 9.17) is 11.0 Å². The van der Waals surface area contributed by atoms with Crippen molar-refractivity contribution in [3.63, 3.8) is 0 Å². The largest absolute Gasteiger partial charge is 0.396 e. The van der Waals surface area contributed by atoms with Gasteiger partial charge in [0.05, 0.1) is 11.3 Å². The Morgan fingerprint density at radius 2 is 2.21 bits per heavy atom. The SMILES string of the molecule is CC(C)CNC(=O)C(C)Nc1ncc(C#N)cc1N. The first kappa shape index (κ1) is 14.8. The fraction of sp³-hybridized carbons (Fsp3) is 0.462. The van der Waals surface area contributed by atoms with Gasteiger partial charge in [0.2, 0.25) is 5.91 Å². The summed E-state index contributed by atoms with van der Waals surface area (Å²) in [5.74, 6) is 0.694. The van der Waals surface area contributed by atoms with Crippen molar-refractivity contribution in [3.8, 4) is 6.07 Å². The lowest BCUT2D eigenvalue weighted by Crippen LogP contribution is -2.39. The molecule has 1 rings (SSSR count). The molecule has 102 valence electrons. The van der Waals surface area contributed by atoms with Crippen molar-refractivity contribution in [1.29, 1.82) is 5.26 Å². The average Bonchev–Trinajstić information content (AvgIpc) is 2.37. The Morgan fingerprint density at radius 3 is 2.74 bits per heavy atom. The molecule has 0 saturated carbocycles. The summed E-state index contributed by atoms with van der Waals surface area (Å²) in [6.07, 6.45) is 1.41. The molecular formula is C13H19N5O. The number of anilines is 2. The van der Waals surface area contributed by atoms with E-state index in [1.807, 2.05) is 19.9 Å². The zero-order valence-electron chi connectivity index (χ0n) is 11.4. The van der Waals surface area contributed by atoms with Crippen molar-refractivity contribution >= 4 is 17.4 Å². The summed E-state index contributed by atoms with van der Waals surface area (Å²) in [4.78, 5) is 15.8. The van der Waals surface area contributed by atoms with Crippen LogP contribution in [-0.4, -0.2) is 23.5 Å². The summed E-state index contributed by atoms with van der Waals surface area (Å²) in [5.41, 5.74) is 6.50. The summed E-state index contributed by atoms with van der Waals surface area (Å²) < 4.78 is 0. The van der Waals surface area contributed by atoms with Crippen LogP contribution in [0.25, 0.3) is 0 Å². The van der Waals surface area contributed by atoms with Crippen molar-refractivity contribution < 1.29 is 4.79 Å². The number of hydrogen-bond donors (Lipinski definition) is 3. The van der Waals surface area contributed by atoms with E-state index in [0.717, 1.165) is 0 Å². The molecule has 0 aliphatic carbocycles. The molecule has 1 amide bonds. The quantitative estimate of drug-likeness (QED) is 0.736. The van der Waals surface area contributed by atoms with Crippen LogP contribution in [0.15, 0.2) is 12.3 Å². The van der Waals surface area contributed by atoms with Crippen molar-refractivity contribution in [3.05, 3.63) is 17.8 Å². The number of amides is 1. The second-order valence-corrected chi connectivity index (χ2v) is 4.78. The molecule has 0 spiro atoms. The van der Waals surface area contributed by atoms with Crippen molar-refractivity contribution in [2.45, 2.75) is 26.8 Å². The number of nitrogens with one attached hydrogen (secondary N) is 2. The lowest BCUT2D eigenvalue weighted by molar-refractivity contribution is -0.121. The highest BCUT2D eigenvalue weighted by molar-refractivity contribution is 5.84. The Labute approximate surface area is 113 Å². The van der Waals surface area contributed by atoms with Gasteiger partial charge in [-0.3, -0.25) is 4.79 Å². The molecule has 6 heteroatoms. The Balaban J connectivity index is 2.64. The van der Waals surface area contributed by atoms with E-state index >= 15 is 0 Å². The molecular weight excluding hydrogens is 242 g/mol. The number of nitrogen functional groups attached to an aromatic ring is 1. The third-order valence-electron chi connectivity index (χ3n) is 2.48. The fourth-order valence-electron chi connectivity index (χ4n) is 1.39. The van der Waals surface area contributed by atoms with Gasteiger partial charge in [0, 0.05) is 12.7 Å². The summed E-state index contributed by atoms with van der Waals surface area (Å²) in [7, 11) is 0. The number of rotatable bonds is 5. The van der Waals surface area contributed by atoms with Gasteiger partial charge >= 0.3 is 0 Å². The summed E-state index contributed by atoms with van der Waals surface area (Å²) in [6, 6.07) is 3.03. The topological polar surface area (TPSA) is 104 Å². The first-order valence-electron chi connectivity index (χ1n) is 6.14. The minimum atomic E-state index is -0.443. The molecule has 0 aliphatic rings. The number of nitrogens with zero attached hydrogens (tertiary/aromatic N) is 2. The van der Waals surface area contributed by atoms with Crippen LogP contribution in [0.4, 0.5) is 11.5 Å². The van der Waals surface area contributed by atoms with Gasteiger partial charge in [-0.1, -0.05) is 13.8 Å². The minimum Gasteiger partial charge on any atom is -0.396 e. The maximum absolute atomic E-state index is 11.8. The van der Waals surface area contributed by atoms with Gasteiger partial charge in [-0.2, -0.15) is 5.26 Å². The molecule has 0 radical (unpaired) electrons. The van der Waals surface area contributed by atoms with E-state index in [0.29, 0.717) is 29.5 Å². The van der Waals surface area contributed by atoms with Crippen LogP contribution in [0.1, 0.15) is 26.3 Å². The fourth-order valence-corrected chi connectivity index (χ4v) is 1.39. The number of aromatic nitrogens is 1. The normalized spacial score (nSPS) is 11.7. The van der Waals surface area contributed by atoms with Gasteiger partial charge in [-0.25, -0.2) is 4.98 Å². The molecule has 0 saturated heterocycles. The van der Waals surface area contributed by atoms with Gasteiger partial charge in [0.25, 0.3) is 0 Å². The average molecular weight is 261 g/mol. The van der Waals surface area contributed by atoms with E-state index in [2.05, 4.69) is 15.6 Å². The van der Waals surface area contributed by atoms with Crippen LogP contribution in [-0.2, 0) is 4.79 Å². The van der Waals surface area contributed by atoms with Crippen LogP contribution >= 0.6 is 0 Å². The molecule has 1 unspecified atom stereocenters. The van der Waals surface area contributed by atoms with E-state index in [1.54, 1.807) is 6.92 Å². The Hall–Kier alpha value is -2.29. The summed E-state index contributed by atoms with van der Waals surface area (Å²) in [5, 5.41) is 14.5. The van der Waals surface area contributed by atoms with Gasteiger partial charge in [0.15, 0.2) is 0 Å². The first-order chi connectivity index (χ1) is 8.93. The van der Waals surface area contributed by atoms with E-state index in [9.17, 15) is 4.79 Å². The Kier molecular flexibility index (Phi) is 5.12. The molecule has 19 heavy (non-hydrogen) atoms. The summed E-state index contributed by atoms with van der Waals surface area (Å²) in [6.45, 7) is 6.41. The molecule has 0 aromatic carbocycles. The van der Waals surface area contributed by atoms with Crippen LogP contribution in [0.3, 0.4) is 0 Å². The minimum absolute atomic E-state index is 0.112. The Morgan fingerprint density at radius 1 is 1.53 bits per heavy atom. The first-order valence-corrected chi connectivity index (χ1v) is 6.14. The third kappa shape index (κ3) is 4.47. The molecule has 0 fully saturated rings. The standard InChI is InChI=1S/C13H19N5O/c1-8(2)6-17-13(19)9(3)18-12-11(15)4-10(5-14)7-16-12/h4,7-9H,6,15H2,1-3H3,(H,16,18)(H,17,19). The molecule has 1 aromatic rings. The Bertz CT molecular complexity index is 492. The van der Waals surface area contributed by atoms with Crippen LogP contribution in [0.2, 0.25) is 0 Å². The second kappa shape index (κ2) is 6.59. The second-order valence-electron chi connectivity index (χ2n) is 4.78. The van der Waals surface area contributed by atoms with Crippen LogP contribution in [0, 0.1) is 17.2 Å². The van der Waals surface area contributed by atoms with Gasteiger partial charge in [0.1, 0.15) is 17.9 Å². The van der Waals surface area contributed by atoms with E-state index < -0.39 is 6.04 Å². The summed E-state index contributed by atoms with van der Waals surface area (Å²) >= 11 is 0. The maximum atomic E-state index is 11.8. The number of pyridine rings is 1. The molecule has 1 atom stereocenters. The molecule has 1 heterocycles. The highest BCUT2D eigenvalue weighted by Gasteiger charge is 2.14. The van der Waals surface area contributed by atoms with Gasteiger partial charge in [-0.15, -0.1) is 0 Å². The highest BCUT2D eigenvalue weighted by atomic mass is 16.2. The number of carbonyl (C=O) groups excluding carboxylic acids is 1. The lowest BCUT2D eigenvalue weighted by Gasteiger charge is -2.16. The highest BCUT2D eigenvalue weighted by Crippen LogP contribution is 2.16. The molecule has 0 bridgehead atoms. The smallest absolute Gasteiger partial charge is 0.242 e. The molecule has 6 nitrogen and oxygen atoms in total. The number of hydrogen-bond acceptors (Lipinski definition) is 5. The number of nitrogens with two attached hydrogens (primary N) is 1. The maximum Gasteiger partial charge on any atom is 0.242 e. The third-order valence-corrected chi connectivity index (χ3v) is 2.48. The number of nitriles is 1. The molecule has 0 aliphatic heterocycles. The predicted molar refractivity (Wildman–Crippen MR) is 74.3 cm³/mol. The van der Waals surface area contributed by atoms with Gasteiger partial charge < -0.3 is 16.4 Å². The van der Waals surface area contributed by atoms with Crippen molar-refractivity contribution in [1.82, 2.24) is 10.3 Å².